The maximum absolute atomic E-state index is 3.20. The first-order valence-electron chi connectivity index (χ1n) is 6.62. The summed E-state index contributed by atoms with van der Waals surface area (Å²) < 4.78 is 0. The lowest BCUT2D eigenvalue weighted by atomic mass is 10.1. The van der Waals surface area contributed by atoms with Crippen LogP contribution in [0.15, 0.2) is 0 Å². The molecular formula is C13H28N2. The van der Waals surface area contributed by atoms with Gasteiger partial charge in [0.15, 0.2) is 0 Å². The van der Waals surface area contributed by atoms with Crippen LogP contribution >= 0.6 is 0 Å². The molecule has 1 aliphatic rings. The van der Waals surface area contributed by atoms with Crippen LogP contribution in [0.5, 0.6) is 0 Å². The Morgan fingerprint density at radius 1 is 1.13 bits per heavy atom. The third kappa shape index (κ3) is 4.98. The van der Waals surface area contributed by atoms with Crippen molar-refractivity contribution in [2.45, 2.75) is 52.0 Å². The Labute approximate surface area is 95.4 Å². The molecule has 2 nitrogen and oxygen atoms in total. The number of rotatable bonds is 7. The molecule has 2 atom stereocenters. The lowest BCUT2D eigenvalue weighted by molar-refractivity contribution is 0.258. The third-order valence-electron chi connectivity index (χ3n) is 3.54. The average molecular weight is 212 g/mol. The molecule has 1 aliphatic heterocycles. The number of likely N-dealkylation sites (tertiary alicyclic amines) is 1. The van der Waals surface area contributed by atoms with E-state index in [0.29, 0.717) is 0 Å². The highest BCUT2D eigenvalue weighted by molar-refractivity contribution is 4.79. The van der Waals surface area contributed by atoms with Crippen LogP contribution in [0.1, 0.15) is 46.0 Å². The van der Waals surface area contributed by atoms with Gasteiger partial charge in [0.1, 0.15) is 0 Å². The maximum Gasteiger partial charge on any atom is 0.00700 e. The molecule has 90 valence electrons. The first-order chi connectivity index (χ1) is 7.24. The van der Waals surface area contributed by atoms with E-state index in [9.17, 15) is 0 Å². The standard InChI is InChI=1S/C13H28N2/c1-12-10-13(2)15(11-12)9-7-5-4-6-8-14-3/h12-14H,4-11H2,1-3H3. The van der Waals surface area contributed by atoms with Crippen molar-refractivity contribution in [1.29, 1.82) is 0 Å². The molecule has 0 aromatic rings. The van der Waals surface area contributed by atoms with Crippen molar-refractivity contribution in [2.24, 2.45) is 5.92 Å². The van der Waals surface area contributed by atoms with E-state index in [1.807, 2.05) is 7.05 Å². The monoisotopic (exact) mass is 212 g/mol. The first kappa shape index (κ1) is 13.0. The van der Waals surface area contributed by atoms with Crippen molar-refractivity contribution in [3.05, 3.63) is 0 Å². The number of hydrogen-bond donors (Lipinski definition) is 1. The maximum atomic E-state index is 3.20. The van der Waals surface area contributed by atoms with Gasteiger partial charge in [-0.3, -0.25) is 0 Å². The van der Waals surface area contributed by atoms with Gasteiger partial charge in [0.25, 0.3) is 0 Å². The molecular weight excluding hydrogens is 184 g/mol. The number of hydrogen-bond acceptors (Lipinski definition) is 2. The molecule has 1 rings (SSSR count). The van der Waals surface area contributed by atoms with Crippen molar-refractivity contribution < 1.29 is 0 Å². The van der Waals surface area contributed by atoms with Crippen LogP contribution in [-0.2, 0) is 0 Å². The molecule has 0 radical (unpaired) electrons. The predicted octanol–water partition coefficient (Wildman–Crippen LogP) is 2.50. The van der Waals surface area contributed by atoms with Gasteiger partial charge in [0, 0.05) is 12.6 Å². The molecule has 1 fully saturated rings. The summed E-state index contributed by atoms with van der Waals surface area (Å²) in [5.41, 5.74) is 0. The van der Waals surface area contributed by atoms with E-state index in [-0.39, 0.29) is 0 Å². The zero-order valence-corrected chi connectivity index (χ0v) is 10.8. The van der Waals surface area contributed by atoms with Gasteiger partial charge < -0.3 is 10.2 Å². The molecule has 0 bridgehead atoms. The smallest absolute Gasteiger partial charge is 0.00700 e. The summed E-state index contributed by atoms with van der Waals surface area (Å²) in [5.74, 6) is 0.921. The predicted molar refractivity (Wildman–Crippen MR) is 67.2 cm³/mol. The van der Waals surface area contributed by atoms with E-state index in [4.69, 9.17) is 0 Å². The van der Waals surface area contributed by atoms with Crippen LogP contribution in [0.3, 0.4) is 0 Å². The molecule has 0 spiro atoms. The number of nitrogens with zero attached hydrogens (tertiary/aromatic N) is 1. The van der Waals surface area contributed by atoms with Gasteiger partial charge in [-0.25, -0.2) is 0 Å². The second-order valence-electron chi connectivity index (χ2n) is 5.20. The molecule has 0 saturated carbocycles. The summed E-state index contributed by atoms with van der Waals surface area (Å²) in [4.78, 5) is 2.67. The second kappa shape index (κ2) is 7.24. The quantitative estimate of drug-likeness (QED) is 0.652. The minimum atomic E-state index is 0.831. The summed E-state index contributed by atoms with van der Waals surface area (Å²) in [7, 11) is 2.04. The highest BCUT2D eigenvalue weighted by Crippen LogP contribution is 2.22. The molecule has 0 amide bonds. The van der Waals surface area contributed by atoms with E-state index in [0.717, 1.165) is 12.0 Å². The van der Waals surface area contributed by atoms with Gasteiger partial charge in [0.05, 0.1) is 0 Å². The Balaban J connectivity index is 1.96. The van der Waals surface area contributed by atoms with Crippen LogP contribution < -0.4 is 5.32 Å². The lowest BCUT2D eigenvalue weighted by Gasteiger charge is -2.20. The molecule has 15 heavy (non-hydrogen) atoms. The minimum absolute atomic E-state index is 0.831. The summed E-state index contributed by atoms with van der Waals surface area (Å²) in [6.07, 6.45) is 6.92. The summed E-state index contributed by atoms with van der Waals surface area (Å²) in [6, 6.07) is 0.831. The van der Waals surface area contributed by atoms with Crippen molar-refractivity contribution in [1.82, 2.24) is 10.2 Å². The van der Waals surface area contributed by atoms with Gasteiger partial charge in [-0.15, -0.1) is 0 Å². The fraction of sp³-hybridized carbons (Fsp3) is 1.00. The van der Waals surface area contributed by atoms with E-state index >= 15 is 0 Å². The molecule has 1 N–H and O–H groups in total. The lowest BCUT2D eigenvalue weighted by Crippen LogP contribution is -2.28. The van der Waals surface area contributed by atoms with E-state index in [2.05, 4.69) is 24.1 Å². The van der Waals surface area contributed by atoms with Gasteiger partial charge in [0.2, 0.25) is 0 Å². The Morgan fingerprint density at radius 2 is 1.87 bits per heavy atom. The molecule has 0 aromatic heterocycles. The molecule has 1 saturated heterocycles. The Bertz CT molecular complexity index is 159. The number of unbranched alkanes of at least 4 members (excludes halogenated alkanes) is 3. The first-order valence-corrected chi connectivity index (χ1v) is 6.62. The highest BCUT2D eigenvalue weighted by atomic mass is 15.2. The van der Waals surface area contributed by atoms with Crippen LogP contribution in [0, 0.1) is 5.92 Å². The average Bonchev–Trinajstić information content (AvgIpc) is 2.51. The summed E-state index contributed by atoms with van der Waals surface area (Å²) in [5, 5.41) is 3.20. The van der Waals surface area contributed by atoms with Crippen LogP contribution in [0.4, 0.5) is 0 Å². The fourth-order valence-electron chi connectivity index (χ4n) is 2.67. The van der Waals surface area contributed by atoms with Gasteiger partial charge in [-0.2, -0.15) is 0 Å². The van der Waals surface area contributed by atoms with Gasteiger partial charge >= 0.3 is 0 Å². The summed E-state index contributed by atoms with van der Waals surface area (Å²) >= 11 is 0. The van der Waals surface area contributed by atoms with E-state index in [1.54, 1.807) is 0 Å². The van der Waals surface area contributed by atoms with Crippen molar-refractivity contribution in [3.8, 4) is 0 Å². The van der Waals surface area contributed by atoms with Crippen molar-refractivity contribution in [3.63, 3.8) is 0 Å². The Hall–Kier alpha value is -0.0800. The third-order valence-corrected chi connectivity index (χ3v) is 3.54. The topological polar surface area (TPSA) is 15.3 Å². The summed E-state index contributed by atoms with van der Waals surface area (Å²) in [6.45, 7) is 8.59. The van der Waals surface area contributed by atoms with Gasteiger partial charge in [-0.05, 0) is 52.2 Å². The van der Waals surface area contributed by atoms with E-state index < -0.39 is 0 Å². The van der Waals surface area contributed by atoms with Crippen LogP contribution in [0.2, 0.25) is 0 Å². The fourth-order valence-corrected chi connectivity index (χ4v) is 2.67. The minimum Gasteiger partial charge on any atom is -0.320 e. The van der Waals surface area contributed by atoms with Crippen molar-refractivity contribution >= 4 is 0 Å². The molecule has 2 heteroatoms. The second-order valence-corrected chi connectivity index (χ2v) is 5.20. The van der Waals surface area contributed by atoms with Gasteiger partial charge in [-0.1, -0.05) is 19.8 Å². The largest absolute Gasteiger partial charge is 0.320 e. The normalized spacial score (nSPS) is 27.4. The Morgan fingerprint density at radius 3 is 2.47 bits per heavy atom. The number of nitrogens with one attached hydrogen (secondary N) is 1. The van der Waals surface area contributed by atoms with E-state index in [1.165, 1.54) is 51.7 Å². The molecule has 1 heterocycles. The SMILES string of the molecule is CNCCCCCCN1CC(C)CC1C. The van der Waals surface area contributed by atoms with Crippen molar-refractivity contribution in [2.75, 3.05) is 26.7 Å². The Kier molecular flexibility index (Phi) is 6.26. The van der Waals surface area contributed by atoms with Crippen LogP contribution in [0.25, 0.3) is 0 Å². The highest BCUT2D eigenvalue weighted by Gasteiger charge is 2.24. The zero-order chi connectivity index (χ0) is 11.1. The van der Waals surface area contributed by atoms with Crippen LogP contribution in [-0.4, -0.2) is 37.6 Å². The zero-order valence-electron chi connectivity index (χ0n) is 10.8. The molecule has 0 aromatic carbocycles. The molecule has 0 aliphatic carbocycles. The molecule has 2 unspecified atom stereocenters.